The summed E-state index contributed by atoms with van der Waals surface area (Å²) in [7, 11) is -8.56. The molecule has 4 aromatic carbocycles. The van der Waals surface area contributed by atoms with Gasteiger partial charge in [0, 0.05) is 30.9 Å². The number of unbranched alkanes of at least 4 members (excludes halogenated alkanes) is 3. The molecule has 6 rings (SSSR count). The fraction of sp³-hybridized carbons (Fsp3) is 0.408. The van der Waals surface area contributed by atoms with Gasteiger partial charge in [0.05, 0.1) is 27.6 Å². The van der Waals surface area contributed by atoms with Crippen LogP contribution in [-0.2, 0) is 26.8 Å². The first kappa shape index (κ1) is 48.2. The molecule has 334 valence electrons. The van der Waals surface area contributed by atoms with Gasteiger partial charge in [-0.05, 0) is 97.8 Å². The molecule has 13 heteroatoms. The predicted molar refractivity (Wildman–Crippen MR) is 249 cm³/mol. The Labute approximate surface area is 369 Å². The lowest BCUT2D eigenvalue weighted by Gasteiger charge is -2.21. The Bertz CT molecular complexity index is 2450. The predicted octanol–water partition coefficient (Wildman–Crippen LogP) is 10.5. The molecular weight excluding hydrogens is 823 g/mol. The van der Waals surface area contributed by atoms with Gasteiger partial charge in [-0.1, -0.05) is 120 Å². The molecule has 2 heterocycles. The molecular formula is C49H63N3O8S2. The average molecular weight is 886 g/mol. The normalized spacial score (nSPS) is 13.7. The number of hydrogen-bond acceptors (Lipinski definition) is 9. The van der Waals surface area contributed by atoms with Crippen LogP contribution in [0.25, 0.3) is 39.4 Å². The van der Waals surface area contributed by atoms with Crippen molar-refractivity contribution in [3.05, 3.63) is 120 Å². The fourth-order valence-corrected chi connectivity index (χ4v) is 8.32. The number of rotatable bonds is 22. The van der Waals surface area contributed by atoms with Crippen LogP contribution in [0.1, 0.15) is 91.4 Å². The summed E-state index contributed by atoms with van der Waals surface area (Å²) >= 11 is 0. The van der Waals surface area contributed by atoms with Crippen molar-refractivity contribution in [2.24, 2.45) is 0 Å². The first-order valence-electron chi connectivity index (χ1n) is 22.0. The quantitative estimate of drug-likeness (QED) is 0.0527. The summed E-state index contributed by atoms with van der Waals surface area (Å²) < 4.78 is 81.3. The number of anilines is 1. The highest BCUT2D eigenvalue weighted by Gasteiger charge is 2.28. The average Bonchev–Trinajstić information content (AvgIpc) is 3.78. The van der Waals surface area contributed by atoms with E-state index in [1.807, 2.05) is 126 Å². The Kier molecular flexibility index (Phi) is 18.4. The molecule has 11 nitrogen and oxygen atoms in total. The lowest BCUT2D eigenvalue weighted by Crippen LogP contribution is -2.36. The number of hydrogen-bond donors (Lipinski definition) is 1. The largest absolute Gasteiger partial charge is 0.748 e. The number of fused-ring (bicyclic) bond motifs is 2. The van der Waals surface area contributed by atoms with E-state index >= 15 is 0 Å². The van der Waals surface area contributed by atoms with Gasteiger partial charge < -0.3 is 23.5 Å². The minimum atomic E-state index is -4.40. The second-order valence-corrected chi connectivity index (χ2v) is 18.8. The maximum absolute atomic E-state index is 11.6. The van der Waals surface area contributed by atoms with Crippen LogP contribution in [0, 0.1) is 0 Å². The van der Waals surface area contributed by atoms with Crippen molar-refractivity contribution in [3.8, 4) is 28.0 Å². The first-order chi connectivity index (χ1) is 29.8. The maximum atomic E-state index is 11.6. The van der Waals surface area contributed by atoms with E-state index in [-0.39, 0.29) is 25.9 Å². The zero-order valence-electron chi connectivity index (χ0n) is 36.7. The van der Waals surface area contributed by atoms with E-state index in [1.165, 1.54) is 58.2 Å². The van der Waals surface area contributed by atoms with Gasteiger partial charge >= 0.3 is 5.89 Å². The number of nitrogens with zero attached hydrogens (tertiary/aromatic N) is 3. The summed E-state index contributed by atoms with van der Waals surface area (Å²) in [5.74, 6) is 0.657. The van der Waals surface area contributed by atoms with Crippen LogP contribution >= 0.6 is 0 Å². The third-order valence-corrected chi connectivity index (χ3v) is 12.3. The minimum Gasteiger partial charge on any atom is -0.748 e. The number of aromatic nitrogens is 1. The molecule has 1 N–H and O–H groups in total. The van der Waals surface area contributed by atoms with Crippen LogP contribution in [0.2, 0.25) is 0 Å². The van der Waals surface area contributed by atoms with Crippen molar-refractivity contribution in [2.45, 2.75) is 92.0 Å². The molecule has 0 aliphatic carbocycles. The van der Waals surface area contributed by atoms with Crippen molar-refractivity contribution in [1.82, 2.24) is 4.90 Å². The molecule has 0 unspecified atom stereocenters. The summed E-state index contributed by atoms with van der Waals surface area (Å²) in [5, 5.41) is 0. The molecule has 0 saturated heterocycles. The molecule has 0 radical (unpaired) electrons. The summed E-state index contributed by atoms with van der Waals surface area (Å²) in [6, 6.07) is 31.4. The van der Waals surface area contributed by atoms with E-state index in [2.05, 4.69) is 25.7 Å². The maximum Gasteiger partial charge on any atom is 0.374 e. The van der Waals surface area contributed by atoms with Gasteiger partial charge in [-0.25, -0.2) is 8.42 Å². The van der Waals surface area contributed by atoms with Crippen LogP contribution < -0.4 is 14.2 Å². The molecule has 1 aliphatic heterocycles. The molecule has 0 atom stereocenters. The number of oxazole rings is 1. The fourth-order valence-electron chi connectivity index (χ4n) is 7.35. The third kappa shape index (κ3) is 14.7. The van der Waals surface area contributed by atoms with Crippen LogP contribution in [0.5, 0.6) is 5.75 Å². The van der Waals surface area contributed by atoms with Crippen molar-refractivity contribution < 1.29 is 39.7 Å². The van der Waals surface area contributed by atoms with Gasteiger partial charge in [0.25, 0.3) is 15.6 Å². The standard InChI is InChI=1S/C37H36N2O8S2.C12H27N/c1-2-27(23-36-38(19-9-21-48(40,41)42)32-25-30(15-17-34(32)46-36)28-11-5-3-6-12-28)24-37-39(20-10-22-49(43,44)45)33-26-31(16-18-35(33)47-37)29-13-7-4-8-14-29;1-4-7-10-13(11-8-5-2)12-9-6-3/h3-8,11-18,23-26H,2,9-10,19-22H2,1H3,(H-,40,41,42,43,44,45);4-12H2,1-3H3. The Morgan fingerprint density at radius 1 is 0.726 bits per heavy atom. The SMILES string of the molecule is CCC(/C=C1\Oc2ccc(-c3ccccc3)cc2N1CCCS(=O)(=O)O)=C\c1oc2ccc(-c3ccccc3)cc2[n+]1CCCS(=O)(=O)[O-].CCCCN(CCCC)CCCC. The van der Waals surface area contributed by atoms with Gasteiger partial charge in [-0.3, -0.25) is 4.55 Å². The van der Waals surface area contributed by atoms with Crippen LogP contribution in [0.15, 0.2) is 119 Å². The summed E-state index contributed by atoms with van der Waals surface area (Å²) in [6.45, 7) is 13.3. The Morgan fingerprint density at radius 2 is 1.31 bits per heavy atom. The van der Waals surface area contributed by atoms with Crippen molar-refractivity contribution in [2.75, 3.05) is 42.6 Å². The van der Waals surface area contributed by atoms with Crippen LogP contribution in [-0.4, -0.2) is 68.5 Å². The van der Waals surface area contributed by atoms with Gasteiger partial charge in [-0.15, -0.1) is 0 Å². The van der Waals surface area contributed by atoms with Crippen molar-refractivity contribution in [3.63, 3.8) is 0 Å². The second kappa shape index (κ2) is 23.6. The van der Waals surface area contributed by atoms with E-state index in [4.69, 9.17) is 9.15 Å². The van der Waals surface area contributed by atoms with Crippen LogP contribution in [0.4, 0.5) is 5.69 Å². The van der Waals surface area contributed by atoms with Crippen LogP contribution in [0.3, 0.4) is 0 Å². The zero-order chi connectivity index (χ0) is 44.5. The molecule has 0 saturated carbocycles. The molecule has 5 aromatic rings. The molecule has 0 fully saturated rings. The molecule has 0 amide bonds. The van der Waals surface area contributed by atoms with E-state index in [0.29, 0.717) is 29.5 Å². The van der Waals surface area contributed by atoms with E-state index in [0.717, 1.165) is 39.0 Å². The monoisotopic (exact) mass is 885 g/mol. The third-order valence-electron chi connectivity index (χ3n) is 10.7. The topological polar surface area (TPSA) is 144 Å². The summed E-state index contributed by atoms with van der Waals surface area (Å²) in [4.78, 5) is 4.53. The Balaban J connectivity index is 0.000000484. The number of benzene rings is 4. The molecule has 1 aromatic heterocycles. The molecule has 0 bridgehead atoms. The summed E-state index contributed by atoms with van der Waals surface area (Å²) in [6.07, 6.45) is 12.7. The van der Waals surface area contributed by atoms with E-state index in [9.17, 15) is 25.9 Å². The lowest BCUT2D eigenvalue weighted by atomic mass is 10.0. The number of aryl methyl sites for hydroxylation is 1. The number of ether oxygens (including phenoxy) is 1. The van der Waals surface area contributed by atoms with Gasteiger partial charge in [0.2, 0.25) is 11.5 Å². The highest BCUT2D eigenvalue weighted by atomic mass is 32.2. The minimum absolute atomic E-state index is 0.105. The molecule has 1 aliphatic rings. The highest BCUT2D eigenvalue weighted by Crippen LogP contribution is 2.42. The Morgan fingerprint density at radius 3 is 1.85 bits per heavy atom. The zero-order valence-corrected chi connectivity index (χ0v) is 38.3. The highest BCUT2D eigenvalue weighted by molar-refractivity contribution is 7.85. The van der Waals surface area contributed by atoms with Crippen molar-refractivity contribution >= 4 is 43.1 Å². The smallest absolute Gasteiger partial charge is 0.374 e. The van der Waals surface area contributed by atoms with Gasteiger partial charge in [0.1, 0.15) is 0 Å². The number of allylic oxidation sites excluding steroid dienone is 2. The van der Waals surface area contributed by atoms with E-state index < -0.39 is 31.7 Å². The van der Waals surface area contributed by atoms with Gasteiger partial charge in [0.15, 0.2) is 12.3 Å². The molecule has 62 heavy (non-hydrogen) atoms. The van der Waals surface area contributed by atoms with E-state index in [1.54, 1.807) is 0 Å². The second-order valence-electron chi connectivity index (χ2n) is 15.7. The first-order valence-corrected chi connectivity index (χ1v) is 25.2. The molecule has 0 spiro atoms. The lowest BCUT2D eigenvalue weighted by molar-refractivity contribution is -0.677. The van der Waals surface area contributed by atoms with Crippen molar-refractivity contribution in [1.29, 1.82) is 0 Å². The Hall–Kier alpha value is -4.79. The van der Waals surface area contributed by atoms with Gasteiger partial charge in [-0.2, -0.15) is 13.0 Å². The summed E-state index contributed by atoms with van der Waals surface area (Å²) in [5.41, 5.74) is 6.89.